The Morgan fingerprint density at radius 1 is 1.47 bits per heavy atom. The molecule has 3 nitrogen and oxygen atoms in total. The van der Waals surface area contributed by atoms with Gasteiger partial charge in [0.2, 0.25) is 0 Å². The average Bonchev–Trinajstić information content (AvgIpc) is 2.71. The number of nitrogens with two attached hydrogens (primary N) is 1. The summed E-state index contributed by atoms with van der Waals surface area (Å²) in [5, 5.41) is 0. The van der Waals surface area contributed by atoms with Crippen molar-refractivity contribution in [2.45, 2.75) is 18.9 Å². The smallest absolute Gasteiger partial charge is 0.124 e. The lowest BCUT2D eigenvalue weighted by Gasteiger charge is -2.12. The summed E-state index contributed by atoms with van der Waals surface area (Å²) in [6, 6.07) is 8.13. The molecule has 0 radical (unpaired) electrons. The molecule has 1 aromatic carbocycles. The van der Waals surface area contributed by atoms with Crippen molar-refractivity contribution in [3.8, 4) is 5.75 Å². The van der Waals surface area contributed by atoms with Gasteiger partial charge in [-0.2, -0.15) is 0 Å². The van der Waals surface area contributed by atoms with E-state index in [1.54, 1.807) is 0 Å². The van der Waals surface area contributed by atoms with E-state index in [1.165, 1.54) is 5.56 Å². The van der Waals surface area contributed by atoms with Crippen LogP contribution < -0.4 is 10.5 Å². The highest BCUT2D eigenvalue weighted by Crippen LogP contribution is 2.18. The van der Waals surface area contributed by atoms with Gasteiger partial charge < -0.3 is 15.2 Å². The lowest BCUT2D eigenvalue weighted by atomic mass is 10.1. The molecule has 0 spiro atoms. The van der Waals surface area contributed by atoms with Gasteiger partial charge >= 0.3 is 0 Å². The molecule has 1 aliphatic rings. The Morgan fingerprint density at radius 3 is 3.13 bits per heavy atom. The van der Waals surface area contributed by atoms with Crippen LogP contribution in [0.25, 0.3) is 0 Å². The monoisotopic (exact) mass is 207 g/mol. The maximum Gasteiger partial charge on any atom is 0.124 e. The van der Waals surface area contributed by atoms with Crippen LogP contribution in [-0.4, -0.2) is 25.9 Å². The number of benzene rings is 1. The van der Waals surface area contributed by atoms with Crippen molar-refractivity contribution in [2.75, 3.05) is 19.8 Å². The Hall–Kier alpha value is -1.06. The first-order valence-corrected chi connectivity index (χ1v) is 5.42. The van der Waals surface area contributed by atoms with Crippen LogP contribution in [0, 0.1) is 0 Å². The van der Waals surface area contributed by atoms with Crippen molar-refractivity contribution in [3.05, 3.63) is 29.8 Å². The molecule has 3 heteroatoms. The summed E-state index contributed by atoms with van der Waals surface area (Å²) in [6.07, 6.45) is 2.11. The summed E-state index contributed by atoms with van der Waals surface area (Å²) >= 11 is 0. The first kappa shape index (κ1) is 10.5. The Balaban J connectivity index is 1.97. The van der Waals surface area contributed by atoms with Crippen LogP contribution in [0.1, 0.15) is 12.0 Å². The van der Waals surface area contributed by atoms with E-state index in [-0.39, 0.29) is 6.10 Å². The first-order valence-electron chi connectivity index (χ1n) is 5.42. The molecule has 1 aromatic rings. The molecule has 1 unspecified atom stereocenters. The lowest BCUT2D eigenvalue weighted by Crippen LogP contribution is -2.15. The van der Waals surface area contributed by atoms with E-state index in [0.29, 0.717) is 13.2 Å². The molecule has 2 rings (SSSR count). The fraction of sp³-hybridized carbons (Fsp3) is 0.500. The number of ether oxygens (including phenoxy) is 2. The van der Waals surface area contributed by atoms with Crippen molar-refractivity contribution in [1.29, 1.82) is 0 Å². The molecule has 2 N–H and O–H groups in total. The normalized spacial score (nSPS) is 20.5. The Bertz CT molecular complexity index is 308. The van der Waals surface area contributed by atoms with Gasteiger partial charge in [-0.15, -0.1) is 0 Å². The van der Waals surface area contributed by atoms with Crippen molar-refractivity contribution in [3.63, 3.8) is 0 Å². The molecule has 1 fully saturated rings. The first-order chi connectivity index (χ1) is 7.38. The Morgan fingerprint density at radius 2 is 2.40 bits per heavy atom. The van der Waals surface area contributed by atoms with Gasteiger partial charge in [0, 0.05) is 6.42 Å². The number of hydrogen-bond acceptors (Lipinski definition) is 3. The van der Waals surface area contributed by atoms with Crippen molar-refractivity contribution >= 4 is 0 Å². The molecule has 15 heavy (non-hydrogen) atoms. The zero-order chi connectivity index (χ0) is 10.5. The van der Waals surface area contributed by atoms with Crippen LogP contribution in [0.4, 0.5) is 0 Å². The fourth-order valence-electron chi connectivity index (χ4n) is 1.74. The van der Waals surface area contributed by atoms with Gasteiger partial charge in [-0.3, -0.25) is 0 Å². The molecule has 0 bridgehead atoms. The second-order valence-corrected chi connectivity index (χ2v) is 3.79. The SMILES string of the molecule is NCCc1cccc(OC2CCOC2)c1. The van der Waals surface area contributed by atoms with Gasteiger partial charge in [-0.05, 0) is 30.7 Å². The molecule has 1 saturated heterocycles. The van der Waals surface area contributed by atoms with E-state index in [0.717, 1.165) is 25.2 Å². The minimum Gasteiger partial charge on any atom is -0.488 e. The molecule has 1 heterocycles. The maximum atomic E-state index is 5.80. The lowest BCUT2D eigenvalue weighted by molar-refractivity contribution is 0.141. The second-order valence-electron chi connectivity index (χ2n) is 3.79. The van der Waals surface area contributed by atoms with E-state index in [4.69, 9.17) is 15.2 Å². The number of rotatable bonds is 4. The third-order valence-electron chi connectivity index (χ3n) is 2.52. The average molecular weight is 207 g/mol. The summed E-state index contributed by atoms with van der Waals surface area (Å²) in [5.41, 5.74) is 6.74. The molecule has 0 aromatic heterocycles. The molecule has 1 aliphatic heterocycles. The van der Waals surface area contributed by atoms with Gasteiger partial charge in [0.1, 0.15) is 11.9 Å². The van der Waals surface area contributed by atoms with E-state index < -0.39 is 0 Å². The van der Waals surface area contributed by atoms with Gasteiger partial charge in [0.05, 0.1) is 13.2 Å². The van der Waals surface area contributed by atoms with Crippen LogP contribution in [0.2, 0.25) is 0 Å². The standard InChI is InChI=1S/C12H17NO2/c13-6-4-10-2-1-3-11(8-10)15-12-5-7-14-9-12/h1-3,8,12H,4-7,9,13H2. The highest BCUT2D eigenvalue weighted by Gasteiger charge is 2.16. The van der Waals surface area contributed by atoms with Crippen LogP contribution in [0.5, 0.6) is 5.75 Å². The fourth-order valence-corrected chi connectivity index (χ4v) is 1.74. The van der Waals surface area contributed by atoms with Gasteiger partial charge in [0.25, 0.3) is 0 Å². The highest BCUT2D eigenvalue weighted by molar-refractivity contribution is 5.28. The quantitative estimate of drug-likeness (QED) is 0.810. The molecule has 0 amide bonds. The third-order valence-corrected chi connectivity index (χ3v) is 2.52. The molecule has 1 atom stereocenters. The Kier molecular flexibility index (Phi) is 3.59. The van der Waals surface area contributed by atoms with E-state index in [9.17, 15) is 0 Å². The van der Waals surface area contributed by atoms with E-state index in [1.807, 2.05) is 12.1 Å². The topological polar surface area (TPSA) is 44.5 Å². The molecule has 0 saturated carbocycles. The van der Waals surface area contributed by atoms with Crippen molar-refractivity contribution in [2.24, 2.45) is 5.73 Å². The highest BCUT2D eigenvalue weighted by atomic mass is 16.5. The minimum atomic E-state index is 0.220. The van der Waals surface area contributed by atoms with E-state index in [2.05, 4.69) is 12.1 Å². The third kappa shape index (κ3) is 2.94. The predicted octanol–water partition coefficient (Wildman–Crippen LogP) is 1.36. The van der Waals surface area contributed by atoms with Crippen molar-refractivity contribution in [1.82, 2.24) is 0 Å². The zero-order valence-electron chi connectivity index (χ0n) is 8.82. The van der Waals surface area contributed by atoms with E-state index >= 15 is 0 Å². The minimum absolute atomic E-state index is 0.220. The van der Waals surface area contributed by atoms with Gasteiger partial charge in [-0.25, -0.2) is 0 Å². The van der Waals surface area contributed by atoms with Crippen molar-refractivity contribution < 1.29 is 9.47 Å². The number of hydrogen-bond donors (Lipinski definition) is 1. The van der Waals surface area contributed by atoms with Crippen LogP contribution in [0.15, 0.2) is 24.3 Å². The van der Waals surface area contributed by atoms with Gasteiger partial charge in [0.15, 0.2) is 0 Å². The maximum absolute atomic E-state index is 5.80. The summed E-state index contributed by atoms with van der Waals surface area (Å²) in [7, 11) is 0. The van der Waals surface area contributed by atoms with Crippen LogP contribution >= 0.6 is 0 Å². The second kappa shape index (κ2) is 5.14. The van der Waals surface area contributed by atoms with Gasteiger partial charge in [-0.1, -0.05) is 12.1 Å². The Labute approximate surface area is 90.2 Å². The summed E-state index contributed by atoms with van der Waals surface area (Å²) in [6.45, 7) is 2.20. The summed E-state index contributed by atoms with van der Waals surface area (Å²) in [4.78, 5) is 0. The summed E-state index contributed by atoms with van der Waals surface area (Å²) in [5.74, 6) is 0.927. The molecular formula is C12H17NO2. The summed E-state index contributed by atoms with van der Waals surface area (Å²) < 4.78 is 11.1. The molecule has 82 valence electrons. The largest absolute Gasteiger partial charge is 0.488 e. The molecule has 0 aliphatic carbocycles. The predicted molar refractivity (Wildman–Crippen MR) is 59.1 cm³/mol. The zero-order valence-corrected chi connectivity index (χ0v) is 8.82. The van der Waals surface area contributed by atoms with Crippen LogP contribution in [0.3, 0.4) is 0 Å². The van der Waals surface area contributed by atoms with Crippen LogP contribution in [-0.2, 0) is 11.2 Å². The molecular weight excluding hydrogens is 190 g/mol.